The summed E-state index contributed by atoms with van der Waals surface area (Å²) >= 11 is 4.81. The number of aromatic nitrogens is 2. The van der Waals surface area contributed by atoms with Gasteiger partial charge in [0.1, 0.15) is 0 Å². The Morgan fingerprint density at radius 2 is 2.11 bits per heavy atom. The topological polar surface area (TPSA) is 64.2 Å². The van der Waals surface area contributed by atoms with Gasteiger partial charge in [-0.1, -0.05) is 12.2 Å². The van der Waals surface area contributed by atoms with Crippen molar-refractivity contribution < 1.29 is 0 Å². The molecule has 5 nitrogen and oxygen atoms in total. The van der Waals surface area contributed by atoms with E-state index >= 15 is 0 Å². The van der Waals surface area contributed by atoms with E-state index in [1.54, 1.807) is 12.3 Å². The molecule has 106 valence electrons. The standard InChI is InChI=1S/C13H22N4OS/c1-3-16(4-2)11-9-13(18)17(15-10-11)8-6-5-7-12(14)19/h9-10H,3-8H2,1-2H3,(H2,14,19). The van der Waals surface area contributed by atoms with Crippen LogP contribution in [-0.4, -0.2) is 27.9 Å². The molecule has 0 atom stereocenters. The van der Waals surface area contributed by atoms with E-state index in [0.29, 0.717) is 11.5 Å². The summed E-state index contributed by atoms with van der Waals surface area (Å²) in [5, 5.41) is 4.21. The van der Waals surface area contributed by atoms with Crippen LogP contribution in [0.3, 0.4) is 0 Å². The van der Waals surface area contributed by atoms with Gasteiger partial charge in [-0.3, -0.25) is 4.79 Å². The first kappa shape index (κ1) is 15.6. The monoisotopic (exact) mass is 282 g/mol. The lowest BCUT2D eigenvalue weighted by molar-refractivity contribution is 0.536. The number of rotatable bonds is 8. The van der Waals surface area contributed by atoms with Gasteiger partial charge in [-0.15, -0.1) is 0 Å². The van der Waals surface area contributed by atoms with Gasteiger partial charge in [-0.2, -0.15) is 5.10 Å². The van der Waals surface area contributed by atoms with Crippen LogP contribution in [-0.2, 0) is 6.54 Å². The number of thiocarbonyl (C=S) groups is 1. The van der Waals surface area contributed by atoms with Crippen LogP contribution in [0.25, 0.3) is 0 Å². The molecule has 1 aromatic heterocycles. The Morgan fingerprint density at radius 3 is 2.63 bits per heavy atom. The van der Waals surface area contributed by atoms with Gasteiger partial charge in [0, 0.05) is 25.7 Å². The maximum atomic E-state index is 11.9. The molecule has 6 heteroatoms. The van der Waals surface area contributed by atoms with Crippen molar-refractivity contribution in [3.8, 4) is 0 Å². The first-order valence-electron chi connectivity index (χ1n) is 6.68. The molecule has 0 aliphatic rings. The van der Waals surface area contributed by atoms with Crippen LogP contribution in [0.2, 0.25) is 0 Å². The lowest BCUT2D eigenvalue weighted by atomic mass is 10.2. The minimum absolute atomic E-state index is 0.0558. The quantitative estimate of drug-likeness (QED) is 0.579. The smallest absolute Gasteiger partial charge is 0.268 e. The second kappa shape index (κ2) is 7.89. The molecule has 0 saturated heterocycles. The lowest BCUT2D eigenvalue weighted by Gasteiger charge is -2.20. The second-order valence-corrected chi connectivity index (χ2v) is 4.90. The molecular weight excluding hydrogens is 260 g/mol. The minimum atomic E-state index is -0.0558. The zero-order valence-corrected chi connectivity index (χ0v) is 12.4. The van der Waals surface area contributed by atoms with Crippen LogP contribution in [0.4, 0.5) is 5.69 Å². The van der Waals surface area contributed by atoms with E-state index in [4.69, 9.17) is 18.0 Å². The van der Waals surface area contributed by atoms with Crippen LogP contribution in [0.15, 0.2) is 17.1 Å². The van der Waals surface area contributed by atoms with E-state index in [2.05, 4.69) is 23.8 Å². The highest BCUT2D eigenvalue weighted by molar-refractivity contribution is 7.80. The Bertz CT molecular complexity index is 468. The van der Waals surface area contributed by atoms with Crippen LogP contribution >= 0.6 is 12.2 Å². The molecule has 0 spiro atoms. The van der Waals surface area contributed by atoms with Crippen molar-refractivity contribution in [3.63, 3.8) is 0 Å². The maximum Gasteiger partial charge on any atom is 0.268 e. The molecule has 0 aliphatic carbocycles. The SMILES string of the molecule is CCN(CC)c1cnn(CCCCC(N)=S)c(=O)c1. The van der Waals surface area contributed by atoms with E-state index in [1.165, 1.54) is 4.68 Å². The molecule has 0 aromatic carbocycles. The summed E-state index contributed by atoms with van der Waals surface area (Å²) in [5.74, 6) is 0. The molecule has 1 heterocycles. The minimum Gasteiger partial charge on any atom is -0.393 e. The summed E-state index contributed by atoms with van der Waals surface area (Å²) in [6.45, 7) is 6.47. The number of nitrogens with two attached hydrogens (primary N) is 1. The predicted octanol–water partition coefficient (Wildman–Crippen LogP) is 1.55. The first-order valence-corrected chi connectivity index (χ1v) is 7.09. The zero-order valence-electron chi connectivity index (χ0n) is 11.6. The average molecular weight is 282 g/mol. The molecule has 0 radical (unpaired) electrons. The highest BCUT2D eigenvalue weighted by atomic mass is 32.1. The van der Waals surface area contributed by atoms with Gasteiger partial charge in [-0.25, -0.2) is 4.68 Å². The molecule has 1 aromatic rings. The summed E-state index contributed by atoms with van der Waals surface area (Å²) in [6, 6.07) is 1.65. The molecule has 0 saturated carbocycles. The maximum absolute atomic E-state index is 11.9. The molecule has 0 amide bonds. The molecule has 2 N–H and O–H groups in total. The number of hydrogen-bond donors (Lipinski definition) is 1. The van der Waals surface area contributed by atoms with Crippen molar-refractivity contribution in [2.75, 3.05) is 18.0 Å². The summed E-state index contributed by atoms with van der Waals surface area (Å²) in [5.41, 5.74) is 6.26. The van der Waals surface area contributed by atoms with Gasteiger partial charge in [0.2, 0.25) is 0 Å². The fourth-order valence-electron chi connectivity index (χ4n) is 1.91. The van der Waals surface area contributed by atoms with Gasteiger partial charge in [-0.05, 0) is 33.1 Å². The van der Waals surface area contributed by atoms with Crippen molar-refractivity contribution in [1.29, 1.82) is 0 Å². The van der Waals surface area contributed by atoms with Gasteiger partial charge in [0.05, 0.1) is 16.9 Å². The van der Waals surface area contributed by atoms with Gasteiger partial charge in [0.15, 0.2) is 0 Å². The van der Waals surface area contributed by atoms with Crippen molar-refractivity contribution in [1.82, 2.24) is 9.78 Å². The predicted molar refractivity (Wildman–Crippen MR) is 82.7 cm³/mol. The van der Waals surface area contributed by atoms with Crippen molar-refractivity contribution in [3.05, 3.63) is 22.6 Å². The fraction of sp³-hybridized carbons (Fsp3) is 0.615. The summed E-state index contributed by atoms with van der Waals surface area (Å²) in [6.07, 6.45) is 4.22. The third kappa shape index (κ3) is 4.98. The molecule has 1 rings (SSSR count). The highest BCUT2D eigenvalue weighted by Crippen LogP contribution is 2.08. The molecule has 19 heavy (non-hydrogen) atoms. The van der Waals surface area contributed by atoms with Gasteiger partial charge in [0.25, 0.3) is 5.56 Å². The molecule has 0 bridgehead atoms. The van der Waals surface area contributed by atoms with E-state index in [0.717, 1.165) is 38.0 Å². The molecule has 0 aliphatic heterocycles. The van der Waals surface area contributed by atoms with Crippen molar-refractivity contribution >= 4 is 22.9 Å². The van der Waals surface area contributed by atoms with Crippen LogP contribution in [0, 0.1) is 0 Å². The Balaban J connectivity index is 2.62. The van der Waals surface area contributed by atoms with E-state index < -0.39 is 0 Å². The Kier molecular flexibility index (Phi) is 6.49. The summed E-state index contributed by atoms with van der Waals surface area (Å²) in [4.78, 5) is 14.6. The summed E-state index contributed by atoms with van der Waals surface area (Å²) in [7, 11) is 0. The zero-order chi connectivity index (χ0) is 14.3. The largest absolute Gasteiger partial charge is 0.393 e. The van der Waals surface area contributed by atoms with Gasteiger partial charge < -0.3 is 10.6 Å². The Morgan fingerprint density at radius 1 is 1.42 bits per heavy atom. The molecular formula is C13H22N4OS. The lowest BCUT2D eigenvalue weighted by Crippen LogP contribution is -2.27. The van der Waals surface area contributed by atoms with Crippen LogP contribution < -0.4 is 16.2 Å². The van der Waals surface area contributed by atoms with Crippen molar-refractivity contribution in [2.24, 2.45) is 5.73 Å². The second-order valence-electron chi connectivity index (χ2n) is 4.37. The normalized spacial score (nSPS) is 10.4. The molecule has 0 fully saturated rings. The fourth-order valence-corrected chi connectivity index (χ4v) is 2.06. The highest BCUT2D eigenvalue weighted by Gasteiger charge is 2.05. The molecule has 0 unspecified atom stereocenters. The Hall–Kier alpha value is -1.43. The average Bonchev–Trinajstić information content (AvgIpc) is 2.38. The van der Waals surface area contributed by atoms with Crippen molar-refractivity contribution in [2.45, 2.75) is 39.7 Å². The van der Waals surface area contributed by atoms with Gasteiger partial charge >= 0.3 is 0 Å². The van der Waals surface area contributed by atoms with Crippen LogP contribution in [0.1, 0.15) is 33.1 Å². The van der Waals surface area contributed by atoms with Crippen LogP contribution in [0.5, 0.6) is 0 Å². The number of anilines is 1. The van der Waals surface area contributed by atoms with E-state index in [9.17, 15) is 4.79 Å². The third-order valence-electron chi connectivity index (χ3n) is 3.03. The first-order chi connectivity index (χ1) is 9.08. The number of unbranched alkanes of at least 4 members (excludes halogenated alkanes) is 1. The number of hydrogen-bond acceptors (Lipinski definition) is 4. The van der Waals surface area contributed by atoms with E-state index in [-0.39, 0.29) is 5.56 Å². The summed E-state index contributed by atoms with van der Waals surface area (Å²) < 4.78 is 1.49. The number of aryl methyl sites for hydroxylation is 1. The Labute approximate surface area is 119 Å². The third-order valence-corrected chi connectivity index (χ3v) is 3.23. The van der Waals surface area contributed by atoms with E-state index in [1.807, 2.05) is 0 Å². The number of nitrogens with zero attached hydrogens (tertiary/aromatic N) is 3.